The Morgan fingerprint density at radius 2 is 2.25 bits per heavy atom. The highest BCUT2D eigenvalue weighted by Gasteiger charge is 2.07. The van der Waals surface area contributed by atoms with Crippen LogP contribution in [0.25, 0.3) is 0 Å². The molecule has 1 N–H and O–H groups in total. The Morgan fingerprint density at radius 1 is 1.50 bits per heavy atom. The summed E-state index contributed by atoms with van der Waals surface area (Å²) in [4.78, 5) is 10.7. The number of carboxylic acid groups (broad SMARTS) is 1. The van der Waals surface area contributed by atoms with Crippen molar-refractivity contribution in [2.24, 2.45) is 0 Å². The zero-order valence-corrected chi connectivity index (χ0v) is 9.72. The van der Waals surface area contributed by atoms with Crippen molar-refractivity contribution in [2.75, 3.05) is 18.1 Å². The van der Waals surface area contributed by atoms with Crippen molar-refractivity contribution in [1.82, 2.24) is 0 Å². The van der Waals surface area contributed by atoms with E-state index in [-0.39, 0.29) is 11.3 Å². The van der Waals surface area contributed by atoms with E-state index in [9.17, 15) is 9.18 Å². The number of hydrogen-bond acceptors (Lipinski definition) is 3. The lowest BCUT2D eigenvalue weighted by Gasteiger charge is -2.06. The summed E-state index contributed by atoms with van der Waals surface area (Å²) in [5.41, 5.74) is -0.0989. The van der Waals surface area contributed by atoms with Crippen LogP contribution >= 0.6 is 11.8 Å². The fraction of sp³-hybridized carbons (Fsp3) is 0.364. The quantitative estimate of drug-likeness (QED) is 0.781. The molecule has 88 valence electrons. The Morgan fingerprint density at radius 3 is 2.88 bits per heavy atom. The van der Waals surface area contributed by atoms with Crippen LogP contribution in [0.1, 0.15) is 17.3 Å². The Labute approximate surface area is 97.6 Å². The highest BCUT2D eigenvalue weighted by Crippen LogP contribution is 2.16. The van der Waals surface area contributed by atoms with E-state index in [1.165, 1.54) is 12.1 Å². The number of thioether (sulfide) groups is 1. The first kappa shape index (κ1) is 12.8. The topological polar surface area (TPSA) is 46.5 Å². The molecule has 0 amide bonds. The Bertz CT molecular complexity index is 368. The highest BCUT2D eigenvalue weighted by atomic mass is 32.2. The van der Waals surface area contributed by atoms with Gasteiger partial charge in [0, 0.05) is 11.8 Å². The largest absolute Gasteiger partial charge is 0.493 e. The maximum Gasteiger partial charge on any atom is 0.335 e. The molecule has 1 aromatic rings. The van der Waals surface area contributed by atoms with Crippen LogP contribution in [0.5, 0.6) is 5.75 Å². The standard InChI is InChI=1S/C11H13FO3S/c1-2-16-4-3-15-10-6-8(11(13)14)5-9(12)7-10/h5-7H,2-4H2,1H3,(H,13,14). The molecule has 5 heteroatoms. The van der Waals surface area contributed by atoms with E-state index in [1.807, 2.05) is 6.92 Å². The molecule has 0 bridgehead atoms. The van der Waals surface area contributed by atoms with Crippen LogP contribution in [-0.2, 0) is 0 Å². The van der Waals surface area contributed by atoms with Crippen molar-refractivity contribution in [3.8, 4) is 5.75 Å². The second-order valence-corrected chi connectivity index (χ2v) is 4.42. The van der Waals surface area contributed by atoms with Gasteiger partial charge in [-0.25, -0.2) is 9.18 Å². The Kier molecular flexibility index (Phi) is 5.11. The lowest BCUT2D eigenvalue weighted by Crippen LogP contribution is -2.03. The van der Waals surface area contributed by atoms with Crippen molar-refractivity contribution >= 4 is 17.7 Å². The van der Waals surface area contributed by atoms with Gasteiger partial charge in [0.05, 0.1) is 12.2 Å². The Hall–Kier alpha value is -1.23. The van der Waals surface area contributed by atoms with Gasteiger partial charge < -0.3 is 9.84 Å². The molecule has 3 nitrogen and oxygen atoms in total. The summed E-state index contributed by atoms with van der Waals surface area (Å²) >= 11 is 1.71. The molecule has 0 unspecified atom stereocenters. The Balaban J connectivity index is 2.62. The van der Waals surface area contributed by atoms with Crippen LogP contribution in [0, 0.1) is 5.82 Å². The van der Waals surface area contributed by atoms with Gasteiger partial charge in [-0.05, 0) is 17.9 Å². The van der Waals surface area contributed by atoms with E-state index in [0.717, 1.165) is 17.6 Å². The molecule has 0 aromatic heterocycles. The van der Waals surface area contributed by atoms with Gasteiger partial charge in [-0.2, -0.15) is 11.8 Å². The van der Waals surface area contributed by atoms with Crippen molar-refractivity contribution in [3.63, 3.8) is 0 Å². The van der Waals surface area contributed by atoms with Gasteiger partial charge in [0.25, 0.3) is 0 Å². The summed E-state index contributed by atoms with van der Waals surface area (Å²) in [7, 11) is 0. The average molecular weight is 244 g/mol. The van der Waals surface area contributed by atoms with Gasteiger partial charge in [0.15, 0.2) is 0 Å². The molecule has 0 spiro atoms. The van der Waals surface area contributed by atoms with Crippen LogP contribution in [0.15, 0.2) is 18.2 Å². The summed E-state index contributed by atoms with van der Waals surface area (Å²) in [6.07, 6.45) is 0. The smallest absolute Gasteiger partial charge is 0.335 e. The van der Waals surface area contributed by atoms with Gasteiger partial charge in [-0.3, -0.25) is 0 Å². The predicted octanol–water partition coefficient (Wildman–Crippen LogP) is 2.66. The molecule has 0 saturated heterocycles. The number of carboxylic acids is 1. The van der Waals surface area contributed by atoms with Crippen LogP contribution < -0.4 is 4.74 Å². The molecule has 0 aliphatic heterocycles. The second-order valence-electron chi connectivity index (χ2n) is 3.03. The monoisotopic (exact) mass is 244 g/mol. The summed E-state index contributed by atoms with van der Waals surface area (Å²) in [6.45, 7) is 2.48. The van der Waals surface area contributed by atoms with E-state index in [1.54, 1.807) is 11.8 Å². The number of benzene rings is 1. The predicted molar refractivity (Wildman–Crippen MR) is 61.9 cm³/mol. The molecule has 1 aromatic carbocycles. The van der Waals surface area contributed by atoms with Crippen molar-refractivity contribution in [1.29, 1.82) is 0 Å². The van der Waals surface area contributed by atoms with Crippen LogP contribution in [0.2, 0.25) is 0 Å². The zero-order valence-electron chi connectivity index (χ0n) is 8.90. The van der Waals surface area contributed by atoms with E-state index < -0.39 is 11.8 Å². The zero-order chi connectivity index (χ0) is 12.0. The van der Waals surface area contributed by atoms with E-state index >= 15 is 0 Å². The molecule has 0 aliphatic rings. The molecule has 0 fully saturated rings. The minimum Gasteiger partial charge on any atom is -0.493 e. The van der Waals surface area contributed by atoms with Crippen molar-refractivity contribution in [3.05, 3.63) is 29.6 Å². The SMILES string of the molecule is CCSCCOc1cc(F)cc(C(=O)O)c1. The van der Waals surface area contributed by atoms with Crippen LogP contribution in [0.3, 0.4) is 0 Å². The summed E-state index contributed by atoms with van der Waals surface area (Å²) in [6, 6.07) is 3.47. The number of ether oxygens (including phenoxy) is 1. The first-order valence-electron chi connectivity index (χ1n) is 4.88. The van der Waals surface area contributed by atoms with Crippen molar-refractivity contribution < 1.29 is 19.0 Å². The lowest BCUT2D eigenvalue weighted by molar-refractivity contribution is 0.0695. The maximum absolute atomic E-state index is 13.0. The minimum atomic E-state index is -1.16. The fourth-order valence-corrected chi connectivity index (χ4v) is 1.62. The molecule has 16 heavy (non-hydrogen) atoms. The highest BCUT2D eigenvalue weighted by molar-refractivity contribution is 7.99. The average Bonchev–Trinajstić information content (AvgIpc) is 2.23. The normalized spacial score (nSPS) is 10.1. The molecular weight excluding hydrogens is 231 g/mol. The van der Waals surface area contributed by atoms with Crippen LogP contribution in [0.4, 0.5) is 4.39 Å². The number of halogens is 1. The maximum atomic E-state index is 13.0. The molecular formula is C11H13FO3S. The summed E-state index contributed by atoms with van der Waals surface area (Å²) in [5.74, 6) is 0.293. The number of rotatable bonds is 6. The first-order valence-corrected chi connectivity index (χ1v) is 6.03. The van der Waals surface area contributed by atoms with Gasteiger partial charge in [0.1, 0.15) is 11.6 Å². The summed E-state index contributed by atoms with van der Waals surface area (Å²) in [5, 5.41) is 8.72. The first-order chi connectivity index (χ1) is 7.63. The number of hydrogen-bond donors (Lipinski definition) is 1. The van der Waals surface area contributed by atoms with E-state index in [2.05, 4.69) is 0 Å². The third-order valence-electron chi connectivity index (χ3n) is 1.82. The van der Waals surface area contributed by atoms with E-state index in [0.29, 0.717) is 6.61 Å². The summed E-state index contributed by atoms with van der Waals surface area (Å²) < 4.78 is 18.3. The molecule has 1 rings (SSSR count). The van der Waals surface area contributed by atoms with Gasteiger partial charge >= 0.3 is 5.97 Å². The van der Waals surface area contributed by atoms with E-state index in [4.69, 9.17) is 9.84 Å². The van der Waals surface area contributed by atoms with Gasteiger partial charge in [-0.15, -0.1) is 0 Å². The molecule has 0 aliphatic carbocycles. The second kappa shape index (κ2) is 6.37. The molecule has 0 atom stereocenters. The fourth-order valence-electron chi connectivity index (χ4n) is 1.13. The number of aromatic carboxylic acids is 1. The minimum absolute atomic E-state index is 0.0989. The van der Waals surface area contributed by atoms with Crippen LogP contribution in [-0.4, -0.2) is 29.2 Å². The number of carbonyl (C=O) groups is 1. The molecule has 0 saturated carbocycles. The van der Waals surface area contributed by atoms with Gasteiger partial charge in [-0.1, -0.05) is 6.92 Å². The third kappa shape index (κ3) is 4.10. The third-order valence-corrected chi connectivity index (χ3v) is 2.68. The molecule has 0 radical (unpaired) electrons. The lowest BCUT2D eigenvalue weighted by atomic mass is 10.2. The van der Waals surface area contributed by atoms with Crippen molar-refractivity contribution in [2.45, 2.75) is 6.92 Å². The molecule has 0 heterocycles. The van der Waals surface area contributed by atoms with Gasteiger partial charge in [0.2, 0.25) is 0 Å².